The van der Waals surface area contributed by atoms with Crippen molar-refractivity contribution in [3.05, 3.63) is 29.6 Å². The van der Waals surface area contributed by atoms with Crippen LogP contribution in [0.3, 0.4) is 0 Å². The van der Waals surface area contributed by atoms with E-state index in [1.165, 1.54) is 18.2 Å². The van der Waals surface area contributed by atoms with E-state index in [1.54, 1.807) is 4.90 Å². The summed E-state index contributed by atoms with van der Waals surface area (Å²) in [6.07, 6.45) is 1.69. The van der Waals surface area contributed by atoms with Gasteiger partial charge in [0.1, 0.15) is 17.1 Å². The molecule has 5 heteroatoms. The summed E-state index contributed by atoms with van der Waals surface area (Å²) in [5, 5.41) is 12.8. The fourth-order valence-corrected chi connectivity index (χ4v) is 2.25. The van der Waals surface area contributed by atoms with Crippen LogP contribution in [0.1, 0.15) is 23.2 Å². The van der Waals surface area contributed by atoms with Gasteiger partial charge in [-0.1, -0.05) is 6.07 Å². The van der Waals surface area contributed by atoms with Crippen molar-refractivity contribution in [2.45, 2.75) is 18.9 Å². The molecule has 1 aromatic rings. The first-order chi connectivity index (χ1) is 8.63. The Balaban J connectivity index is 2.13. The van der Waals surface area contributed by atoms with E-state index in [-0.39, 0.29) is 11.3 Å². The van der Waals surface area contributed by atoms with Gasteiger partial charge in [-0.15, -0.1) is 0 Å². The molecule has 1 aliphatic rings. The minimum atomic E-state index is -0.671. The van der Waals surface area contributed by atoms with E-state index in [2.05, 4.69) is 5.32 Å². The summed E-state index contributed by atoms with van der Waals surface area (Å²) < 4.78 is 13.6. The van der Waals surface area contributed by atoms with Crippen LogP contribution in [0.5, 0.6) is 5.75 Å². The molecule has 0 radical (unpaired) electrons. The molecule has 18 heavy (non-hydrogen) atoms. The molecule has 0 bridgehead atoms. The molecule has 1 amide bonds. The molecule has 98 valence electrons. The van der Waals surface area contributed by atoms with Crippen LogP contribution in [-0.2, 0) is 0 Å². The third-order valence-corrected chi connectivity index (χ3v) is 3.40. The van der Waals surface area contributed by atoms with Crippen LogP contribution in [-0.4, -0.2) is 42.1 Å². The highest BCUT2D eigenvalue weighted by molar-refractivity contribution is 5.97. The van der Waals surface area contributed by atoms with Gasteiger partial charge in [-0.3, -0.25) is 4.79 Å². The largest absolute Gasteiger partial charge is 0.507 e. The van der Waals surface area contributed by atoms with E-state index in [4.69, 9.17) is 0 Å². The van der Waals surface area contributed by atoms with E-state index < -0.39 is 11.7 Å². The maximum atomic E-state index is 13.6. The fourth-order valence-electron chi connectivity index (χ4n) is 2.25. The number of rotatable bonds is 2. The van der Waals surface area contributed by atoms with Crippen LogP contribution >= 0.6 is 0 Å². The van der Waals surface area contributed by atoms with Crippen molar-refractivity contribution in [3.8, 4) is 5.75 Å². The van der Waals surface area contributed by atoms with Gasteiger partial charge < -0.3 is 15.3 Å². The quantitative estimate of drug-likeness (QED) is 0.835. The SMILES string of the molecule is CNC1CCN(C(=O)c2c(O)cccc2F)CC1. The third kappa shape index (κ3) is 2.46. The number of likely N-dealkylation sites (tertiary alicyclic amines) is 1. The van der Waals surface area contributed by atoms with Crippen LogP contribution in [0.15, 0.2) is 18.2 Å². The number of hydrogen-bond donors (Lipinski definition) is 2. The molecule has 2 rings (SSSR count). The first-order valence-corrected chi connectivity index (χ1v) is 6.07. The van der Waals surface area contributed by atoms with Crippen molar-refractivity contribution in [1.29, 1.82) is 0 Å². The summed E-state index contributed by atoms with van der Waals surface area (Å²) >= 11 is 0. The highest BCUT2D eigenvalue weighted by atomic mass is 19.1. The number of aromatic hydroxyl groups is 1. The maximum Gasteiger partial charge on any atom is 0.260 e. The highest BCUT2D eigenvalue weighted by Crippen LogP contribution is 2.23. The average molecular weight is 252 g/mol. The molecule has 0 saturated carbocycles. The molecule has 0 spiro atoms. The molecular weight excluding hydrogens is 235 g/mol. The molecule has 1 fully saturated rings. The predicted octanol–water partition coefficient (Wildman–Crippen LogP) is 1.36. The Labute approximate surface area is 105 Å². The molecule has 1 aromatic carbocycles. The Hall–Kier alpha value is -1.62. The average Bonchev–Trinajstić information content (AvgIpc) is 2.38. The Kier molecular flexibility index (Phi) is 3.81. The Morgan fingerprint density at radius 3 is 2.67 bits per heavy atom. The number of phenols is 1. The van der Waals surface area contributed by atoms with Gasteiger partial charge in [0.05, 0.1) is 0 Å². The zero-order chi connectivity index (χ0) is 13.1. The van der Waals surface area contributed by atoms with Gasteiger partial charge in [0.2, 0.25) is 0 Å². The van der Waals surface area contributed by atoms with Crippen molar-refractivity contribution in [1.82, 2.24) is 10.2 Å². The molecular formula is C13H17FN2O2. The molecule has 4 nitrogen and oxygen atoms in total. The lowest BCUT2D eigenvalue weighted by molar-refractivity contribution is 0.0699. The minimum absolute atomic E-state index is 0.222. The topological polar surface area (TPSA) is 52.6 Å². The van der Waals surface area contributed by atoms with E-state index in [0.717, 1.165) is 12.8 Å². The van der Waals surface area contributed by atoms with E-state index >= 15 is 0 Å². The number of carbonyl (C=O) groups excluding carboxylic acids is 1. The summed E-state index contributed by atoms with van der Waals surface area (Å²) in [6, 6.07) is 4.31. The Bertz CT molecular complexity index is 422. The van der Waals surface area contributed by atoms with Gasteiger partial charge in [-0.2, -0.15) is 0 Å². The number of hydrogen-bond acceptors (Lipinski definition) is 3. The van der Waals surface area contributed by atoms with Crippen molar-refractivity contribution < 1.29 is 14.3 Å². The van der Waals surface area contributed by atoms with Crippen molar-refractivity contribution >= 4 is 5.91 Å². The van der Waals surface area contributed by atoms with Gasteiger partial charge in [0.25, 0.3) is 5.91 Å². The van der Waals surface area contributed by atoms with Gasteiger partial charge in [0, 0.05) is 19.1 Å². The number of nitrogens with one attached hydrogen (secondary N) is 1. The van der Waals surface area contributed by atoms with Crippen LogP contribution < -0.4 is 5.32 Å². The fraction of sp³-hybridized carbons (Fsp3) is 0.462. The van der Waals surface area contributed by atoms with E-state index in [1.807, 2.05) is 7.05 Å². The van der Waals surface area contributed by atoms with Gasteiger partial charge in [0.15, 0.2) is 0 Å². The van der Waals surface area contributed by atoms with Crippen LogP contribution in [0, 0.1) is 5.82 Å². The number of halogens is 1. The van der Waals surface area contributed by atoms with Gasteiger partial charge >= 0.3 is 0 Å². The normalized spacial score (nSPS) is 16.9. The zero-order valence-electron chi connectivity index (χ0n) is 10.3. The molecule has 0 unspecified atom stereocenters. The Morgan fingerprint density at radius 2 is 2.11 bits per heavy atom. The molecule has 1 aliphatic heterocycles. The number of piperidine rings is 1. The standard InChI is InChI=1S/C13H17FN2O2/c1-15-9-5-7-16(8-6-9)13(18)12-10(14)3-2-4-11(12)17/h2-4,9,15,17H,5-8H2,1H3. The summed E-state index contributed by atoms with van der Waals surface area (Å²) in [5.74, 6) is -1.40. The Morgan fingerprint density at radius 1 is 1.44 bits per heavy atom. The second-order valence-corrected chi connectivity index (χ2v) is 4.49. The predicted molar refractivity (Wildman–Crippen MR) is 66.1 cm³/mol. The lowest BCUT2D eigenvalue weighted by atomic mass is 10.0. The maximum absolute atomic E-state index is 13.6. The summed E-state index contributed by atoms with van der Waals surface area (Å²) in [6.45, 7) is 1.16. The highest BCUT2D eigenvalue weighted by Gasteiger charge is 2.26. The van der Waals surface area contributed by atoms with Gasteiger partial charge in [-0.05, 0) is 32.0 Å². The smallest absolute Gasteiger partial charge is 0.260 e. The molecule has 0 aromatic heterocycles. The summed E-state index contributed by atoms with van der Waals surface area (Å²) in [7, 11) is 1.89. The number of phenolic OH excluding ortho intramolecular Hbond substituents is 1. The molecule has 0 atom stereocenters. The van der Waals surface area contributed by atoms with Crippen LogP contribution in [0.25, 0.3) is 0 Å². The number of nitrogens with zero attached hydrogens (tertiary/aromatic N) is 1. The monoisotopic (exact) mass is 252 g/mol. The van der Waals surface area contributed by atoms with E-state index in [9.17, 15) is 14.3 Å². The van der Waals surface area contributed by atoms with Gasteiger partial charge in [-0.25, -0.2) is 4.39 Å². The summed E-state index contributed by atoms with van der Waals surface area (Å²) in [5.41, 5.74) is -0.222. The van der Waals surface area contributed by atoms with Crippen LogP contribution in [0.2, 0.25) is 0 Å². The second kappa shape index (κ2) is 5.35. The van der Waals surface area contributed by atoms with Crippen molar-refractivity contribution in [2.75, 3.05) is 20.1 Å². The van der Waals surface area contributed by atoms with E-state index in [0.29, 0.717) is 19.1 Å². The van der Waals surface area contributed by atoms with Crippen molar-refractivity contribution in [3.63, 3.8) is 0 Å². The molecule has 1 heterocycles. The molecule has 0 aliphatic carbocycles. The molecule has 1 saturated heterocycles. The number of benzene rings is 1. The first-order valence-electron chi connectivity index (χ1n) is 6.07. The minimum Gasteiger partial charge on any atom is -0.507 e. The lowest BCUT2D eigenvalue weighted by Crippen LogP contribution is -2.44. The van der Waals surface area contributed by atoms with Crippen molar-refractivity contribution in [2.24, 2.45) is 0 Å². The summed E-state index contributed by atoms with van der Waals surface area (Å²) in [4.78, 5) is 13.7. The zero-order valence-corrected chi connectivity index (χ0v) is 10.3. The number of amides is 1. The first kappa shape index (κ1) is 12.8. The second-order valence-electron chi connectivity index (χ2n) is 4.49. The number of carbonyl (C=O) groups is 1. The molecule has 2 N–H and O–H groups in total. The lowest BCUT2D eigenvalue weighted by Gasteiger charge is -2.32. The van der Waals surface area contributed by atoms with Crippen LogP contribution in [0.4, 0.5) is 4.39 Å². The third-order valence-electron chi connectivity index (χ3n) is 3.40.